The van der Waals surface area contributed by atoms with E-state index in [-0.39, 0.29) is 12.5 Å². The molecule has 2 N–H and O–H groups in total. The van der Waals surface area contributed by atoms with Crippen molar-refractivity contribution >= 4 is 30.1 Å². The van der Waals surface area contributed by atoms with Crippen molar-refractivity contribution in [1.82, 2.24) is 10.7 Å². The molecule has 4 aromatic carbocycles. The molecule has 0 bridgehead atoms. The van der Waals surface area contributed by atoms with Gasteiger partial charge in [0.05, 0.1) is 25.8 Å². The summed E-state index contributed by atoms with van der Waals surface area (Å²) in [5, 5.41) is 6.64. The van der Waals surface area contributed by atoms with Gasteiger partial charge >= 0.3 is 5.97 Å². The zero-order valence-corrected chi connectivity index (χ0v) is 22.4. The molecule has 0 heterocycles. The van der Waals surface area contributed by atoms with Gasteiger partial charge in [-0.05, 0) is 52.6 Å². The van der Waals surface area contributed by atoms with Gasteiger partial charge in [0.15, 0.2) is 0 Å². The van der Waals surface area contributed by atoms with Gasteiger partial charge in [-0.3, -0.25) is 9.59 Å². The molecule has 41 heavy (non-hydrogen) atoms. The van der Waals surface area contributed by atoms with Gasteiger partial charge in [-0.1, -0.05) is 84.9 Å². The van der Waals surface area contributed by atoms with Crippen LogP contribution in [-0.4, -0.2) is 37.7 Å². The van der Waals surface area contributed by atoms with Crippen molar-refractivity contribution in [2.45, 2.75) is 5.92 Å². The summed E-state index contributed by atoms with van der Waals surface area (Å²) in [6.45, 7) is -0.246. The second kappa shape index (κ2) is 14.6. The van der Waals surface area contributed by atoms with Crippen LogP contribution in [0.15, 0.2) is 120 Å². The molecule has 8 nitrogen and oxygen atoms in total. The number of amides is 2. The van der Waals surface area contributed by atoms with E-state index in [4.69, 9.17) is 9.47 Å². The maximum absolute atomic E-state index is 13.0. The quantitative estimate of drug-likeness (QED) is 0.0930. The number of methoxy groups -OCH3 is 1. The van der Waals surface area contributed by atoms with E-state index in [9.17, 15) is 14.4 Å². The Kier molecular flexibility index (Phi) is 10.1. The number of nitrogens with one attached hydrogen (secondary N) is 2. The van der Waals surface area contributed by atoms with Crippen LogP contribution in [0.1, 0.15) is 28.2 Å². The Morgan fingerprint density at radius 3 is 2.07 bits per heavy atom. The topological polar surface area (TPSA) is 106 Å². The minimum Gasteiger partial charge on any atom is -0.497 e. The molecular formula is C33H29N3O5. The lowest BCUT2D eigenvalue weighted by Crippen LogP contribution is -2.37. The van der Waals surface area contributed by atoms with Gasteiger partial charge in [-0.15, -0.1) is 0 Å². The van der Waals surface area contributed by atoms with Crippen molar-refractivity contribution in [3.8, 4) is 11.5 Å². The summed E-state index contributed by atoms with van der Waals surface area (Å²) in [5.74, 6) is -0.819. The molecule has 4 aromatic rings. The van der Waals surface area contributed by atoms with Crippen molar-refractivity contribution in [2.24, 2.45) is 5.10 Å². The summed E-state index contributed by atoms with van der Waals surface area (Å²) in [6.07, 6.45) is 4.39. The van der Waals surface area contributed by atoms with Crippen LogP contribution >= 0.6 is 0 Å². The van der Waals surface area contributed by atoms with Crippen molar-refractivity contribution < 1.29 is 23.9 Å². The lowest BCUT2D eigenvalue weighted by atomic mass is 9.90. The van der Waals surface area contributed by atoms with Crippen LogP contribution in [0.2, 0.25) is 0 Å². The fourth-order valence-corrected chi connectivity index (χ4v) is 3.96. The molecule has 0 saturated carbocycles. The number of esters is 1. The molecule has 4 rings (SSSR count). The molecule has 0 aliphatic heterocycles. The SMILES string of the molecule is COc1ccc(C=CC(=O)Oc2cccc(C=NNC(=O)CNC(=O)C(c3ccccc3)c3ccccc3)c2)cc1. The first-order valence-corrected chi connectivity index (χ1v) is 12.9. The fraction of sp³-hybridized carbons (Fsp3) is 0.0909. The molecule has 0 spiro atoms. The second-order valence-corrected chi connectivity index (χ2v) is 8.87. The highest BCUT2D eigenvalue weighted by Gasteiger charge is 2.22. The van der Waals surface area contributed by atoms with Gasteiger partial charge < -0.3 is 14.8 Å². The molecule has 206 valence electrons. The van der Waals surface area contributed by atoms with Crippen LogP contribution < -0.4 is 20.2 Å². The average molecular weight is 548 g/mol. The average Bonchev–Trinajstić information content (AvgIpc) is 3.01. The van der Waals surface area contributed by atoms with Crippen molar-refractivity contribution in [1.29, 1.82) is 0 Å². The molecule has 0 radical (unpaired) electrons. The van der Waals surface area contributed by atoms with E-state index in [2.05, 4.69) is 15.8 Å². The van der Waals surface area contributed by atoms with E-state index < -0.39 is 17.8 Å². The molecule has 0 saturated heterocycles. The van der Waals surface area contributed by atoms with Gasteiger partial charge in [-0.25, -0.2) is 10.2 Å². The molecule has 0 atom stereocenters. The first-order valence-electron chi connectivity index (χ1n) is 12.9. The van der Waals surface area contributed by atoms with Gasteiger partial charge in [0.25, 0.3) is 5.91 Å². The molecule has 0 aliphatic rings. The van der Waals surface area contributed by atoms with E-state index in [0.717, 1.165) is 22.4 Å². The standard InChI is InChI=1S/C33H29N3O5/c1-40-28-18-15-24(16-19-28)17-20-31(38)41-29-14-8-9-25(21-29)22-35-36-30(37)23-34-33(39)32(26-10-4-2-5-11-26)27-12-6-3-7-13-27/h2-22,32H,23H2,1H3,(H,34,39)(H,36,37). The van der Waals surface area contributed by atoms with Gasteiger partial charge in [0.2, 0.25) is 5.91 Å². The predicted molar refractivity (Wildman–Crippen MR) is 158 cm³/mol. The maximum Gasteiger partial charge on any atom is 0.336 e. The summed E-state index contributed by atoms with van der Waals surface area (Å²) < 4.78 is 10.5. The summed E-state index contributed by atoms with van der Waals surface area (Å²) >= 11 is 0. The number of carbonyl (C=O) groups excluding carboxylic acids is 3. The molecule has 8 heteroatoms. The van der Waals surface area contributed by atoms with Crippen molar-refractivity contribution in [3.05, 3.63) is 138 Å². The number of nitrogens with zero attached hydrogens (tertiary/aromatic N) is 1. The van der Waals surface area contributed by atoms with Crippen LogP contribution in [0.5, 0.6) is 11.5 Å². The van der Waals surface area contributed by atoms with Crippen LogP contribution in [0.4, 0.5) is 0 Å². The summed E-state index contributed by atoms with van der Waals surface area (Å²) in [6, 6.07) is 32.7. The highest BCUT2D eigenvalue weighted by atomic mass is 16.5. The second-order valence-electron chi connectivity index (χ2n) is 8.87. The normalized spacial score (nSPS) is 11.0. The molecule has 0 fully saturated rings. The Morgan fingerprint density at radius 1 is 0.780 bits per heavy atom. The number of ether oxygens (including phenoxy) is 2. The summed E-state index contributed by atoms with van der Waals surface area (Å²) in [7, 11) is 1.59. The Bertz CT molecular complexity index is 1480. The third-order valence-corrected chi connectivity index (χ3v) is 5.96. The lowest BCUT2D eigenvalue weighted by Gasteiger charge is -2.17. The monoisotopic (exact) mass is 547 g/mol. The van der Waals surface area contributed by atoms with Crippen LogP contribution in [0.3, 0.4) is 0 Å². The molecule has 2 amide bonds. The molecule has 0 unspecified atom stereocenters. The van der Waals surface area contributed by atoms with E-state index in [1.165, 1.54) is 12.3 Å². The highest BCUT2D eigenvalue weighted by molar-refractivity contribution is 5.91. The van der Waals surface area contributed by atoms with Gasteiger partial charge in [-0.2, -0.15) is 5.10 Å². The molecule has 0 aromatic heterocycles. The number of carbonyl (C=O) groups is 3. The third kappa shape index (κ3) is 8.76. The zero-order chi connectivity index (χ0) is 28.9. The zero-order valence-electron chi connectivity index (χ0n) is 22.4. The van der Waals surface area contributed by atoms with Crippen LogP contribution in [-0.2, 0) is 14.4 Å². The van der Waals surface area contributed by atoms with Gasteiger partial charge in [0.1, 0.15) is 11.5 Å². The number of rotatable bonds is 11. The first-order chi connectivity index (χ1) is 20.0. The largest absolute Gasteiger partial charge is 0.497 e. The minimum atomic E-state index is -0.551. The van der Waals surface area contributed by atoms with E-state index in [1.54, 1.807) is 49.6 Å². The number of benzene rings is 4. The Morgan fingerprint density at radius 2 is 1.44 bits per heavy atom. The molecular weight excluding hydrogens is 518 g/mol. The Hall–Kier alpha value is -5.50. The van der Waals surface area contributed by atoms with Crippen molar-refractivity contribution in [2.75, 3.05) is 13.7 Å². The molecule has 0 aliphatic carbocycles. The minimum absolute atomic E-state index is 0.246. The van der Waals surface area contributed by atoms with Crippen LogP contribution in [0.25, 0.3) is 6.08 Å². The lowest BCUT2D eigenvalue weighted by molar-refractivity contribution is -0.129. The highest BCUT2D eigenvalue weighted by Crippen LogP contribution is 2.24. The van der Waals surface area contributed by atoms with E-state index >= 15 is 0 Å². The van der Waals surface area contributed by atoms with E-state index in [0.29, 0.717) is 11.3 Å². The number of hydrazone groups is 1. The van der Waals surface area contributed by atoms with E-state index in [1.807, 2.05) is 72.8 Å². The van der Waals surface area contributed by atoms with Gasteiger partial charge in [0, 0.05) is 6.08 Å². The smallest absolute Gasteiger partial charge is 0.336 e. The number of hydrogen-bond acceptors (Lipinski definition) is 6. The van der Waals surface area contributed by atoms with Crippen LogP contribution in [0, 0.1) is 0 Å². The fourth-order valence-electron chi connectivity index (χ4n) is 3.96. The maximum atomic E-state index is 13.0. The third-order valence-electron chi connectivity index (χ3n) is 5.96. The summed E-state index contributed by atoms with van der Waals surface area (Å²) in [4.78, 5) is 37.6. The Balaban J connectivity index is 1.28. The van der Waals surface area contributed by atoms with Crippen molar-refractivity contribution in [3.63, 3.8) is 0 Å². The first kappa shape index (κ1) is 28.5. The Labute approximate surface area is 238 Å². The predicted octanol–water partition coefficient (Wildman–Crippen LogP) is 4.71. The summed E-state index contributed by atoms with van der Waals surface area (Å²) in [5.41, 5.74) is 5.48. The number of hydrogen-bond donors (Lipinski definition) is 2.